The summed E-state index contributed by atoms with van der Waals surface area (Å²) < 4.78 is 0. The van der Waals surface area contributed by atoms with Gasteiger partial charge in [0.1, 0.15) is 0 Å². The molecule has 1 aromatic carbocycles. The van der Waals surface area contributed by atoms with Crippen molar-refractivity contribution in [2.75, 3.05) is 4.90 Å². The highest BCUT2D eigenvalue weighted by molar-refractivity contribution is 6.28. The van der Waals surface area contributed by atoms with Crippen molar-refractivity contribution in [2.24, 2.45) is 0 Å². The van der Waals surface area contributed by atoms with E-state index < -0.39 is 0 Å². The monoisotopic (exact) mass is 299 g/mol. The fourth-order valence-electron chi connectivity index (χ4n) is 2.96. The van der Waals surface area contributed by atoms with Gasteiger partial charge in [-0.2, -0.15) is 0 Å². The number of carbonyl (C=O) groups is 2. The zero-order chi connectivity index (χ0) is 16.1. The molecule has 118 valence electrons. The Morgan fingerprint density at radius 2 is 1.32 bits per heavy atom. The molecule has 0 atom stereocenters. The maximum absolute atomic E-state index is 12.1. The normalized spacial score (nSPS) is 14.2. The number of benzene rings is 1. The van der Waals surface area contributed by atoms with Gasteiger partial charge in [-0.1, -0.05) is 44.4 Å². The second-order valence-electron chi connectivity index (χ2n) is 5.98. The van der Waals surface area contributed by atoms with Crippen molar-refractivity contribution in [3.8, 4) is 0 Å². The Balaban J connectivity index is 2.50. The minimum Gasteiger partial charge on any atom is -0.269 e. The number of amides is 2. The van der Waals surface area contributed by atoms with Crippen molar-refractivity contribution in [3.63, 3.8) is 0 Å². The number of rotatable bonds is 7. The van der Waals surface area contributed by atoms with Crippen LogP contribution in [0.5, 0.6) is 0 Å². The van der Waals surface area contributed by atoms with Gasteiger partial charge in [-0.3, -0.25) is 9.59 Å². The molecule has 0 unspecified atom stereocenters. The molecule has 0 radical (unpaired) electrons. The summed E-state index contributed by atoms with van der Waals surface area (Å²) in [7, 11) is 0. The van der Waals surface area contributed by atoms with Crippen molar-refractivity contribution in [2.45, 2.75) is 59.3 Å². The highest BCUT2D eigenvalue weighted by Gasteiger charge is 2.29. The van der Waals surface area contributed by atoms with Gasteiger partial charge in [-0.25, -0.2) is 4.90 Å². The molecule has 0 fully saturated rings. The van der Waals surface area contributed by atoms with Crippen LogP contribution >= 0.6 is 0 Å². The van der Waals surface area contributed by atoms with E-state index in [0.717, 1.165) is 55.3 Å². The smallest absolute Gasteiger partial charge is 0.258 e. The molecule has 0 saturated heterocycles. The molecule has 0 saturated carbocycles. The second kappa shape index (κ2) is 7.39. The van der Waals surface area contributed by atoms with Crippen molar-refractivity contribution < 1.29 is 9.59 Å². The fourth-order valence-corrected chi connectivity index (χ4v) is 2.96. The van der Waals surface area contributed by atoms with Crippen molar-refractivity contribution in [1.82, 2.24) is 0 Å². The molecule has 0 spiro atoms. The molecule has 1 heterocycles. The van der Waals surface area contributed by atoms with E-state index >= 15 is 0 Å². The summed E-state index contributed by atoms with van der Waals surface area (Å²) in [5.41, 5.74) is 4.29. The van der Waals surface area contributed by atoms with Gasteiger partial charge in [0, 0.05) is 12.2 Å². The van der Waals surface area contributed by atoms with E-state index in [0.29, 0.717) is 0 Å². The zero-order valence-electron chi connectivity index (χ0n) is 13.8. The summed E-state index contributed by atoms with van der Waals surface area (Å²) in [5, 5.41) is 0. The summed E-state index contributed by atoms with van der Waals surface area (Å²) >= 11 is 0. The standard InChI is InChI=1S/C19H25NO2/c1-4-6-8-15-12-14(3)13-16(9-7-5-2)19(15)20-17(21)10-11-18(20)22/h10-13H,4-9H2,1-3H3. The lowest BCUT2D eigenvalue weighted by Gasteiger charge is -2.23. The summed E-state index contributed by atoms with van der Waals surface area (Å²) in [5.74, 6) is -0.436. The third-order valence-electron chi connectivity index (χ3n) is 4.04. The number of unbranched alkanes of at least 4 members (excludes halogenated alkanes) is 2. The predicted molar refractivity (Wildman–Crippen MR) is 90.0 cm³/mol. The number of carbonyl (C=O) groups excluding carboxylic acids is 2. The van der Waals surface area contributed by atoms with E-state index in [9.17, 15) is 9.59 Å². The molecule has 0 aromatic heterocycles. The van der Waals surface area contributed by atoms with E-state index in [1.165, 1.54) is 22.6 Å². The number of anilines is 1. The van der Waals surface area contributed by atoms with E-state index in [1.54, 1.807) is 0 Å². The van der Waals surface area contributed by atoms with Gasteiger partial charge < -0.3 is 0 Å². The first-order chi connectivity index (χ1) is 10.6. The Labute approximate surface area is 133 Å². The maximum Gasteiger partial charge on any atom is 0.258 e. The largest absolute Gasteiger partial charge is 0.269 e. The number of hydrogen-bond donors (Lipinski definition) is 0. The van der Waals surface area contributed by atoms with Crippen molar-refractivity contribution >= 4 is 17.5 Å². The predicted octanol–water partition coefficient (Wildman–Crippen LogP) is 4.11. The highest BCUT2D eigenvalue weighted by Crippen LogP contribution is 2.32. The average Bonchev–Trinajstić information content (AvgIpc) is 2.82. The van der Waals surface area contributed by atoms with Crippen LogP contribution in [0.4, 0.5) is 5.69 Å². The third-order valence-corrected chi connectivity index (χ3v) is 4.04. The van der Waals surface area contributed by atoms with Gasteiger partial charge in [0.05, 0.1) is 5.69 Å². The third kappa shape index (κ3) is 3.46. The summed E-state index contributed by atoms with van der Waals surface area (Å²) in [4.78, 5) is 25.6. The first-order valence-electron chi connectivity index (χ1n) is 8.27. The fraction of sp³-hybridized carbons (Fsp3) is 0.474. The molecule has 0 aliphatic carbocycles. The molecule has 1 aliphatic rings. The molecular weight excluding hydrogens is 274 g/mol. The van der Waals surface area contributed by atoms with E-state index in [4.69, 9.17) is 0 Å². The van der Waals surface area contributed by atoms with Gasteiger partial charge in [0.25, 0.3) is 11.8 Å². The summed E-state index contributed by atoms with van der Waals surface area (Å²) in [6, 6.07) is 4.25. The van der Waals surface area contributed by atoms with E-state index in [2.05, 4.69) is 32.9 Å². The molecule has 0 bridgehead atoms. The lowest BCUT2D eigenvalue weighted by Crippen LogP contribution is -2.31. The van der Waals surface area contributed by atoms with Gasteiger partial charge in [-0.05, 0) is 43.7 Å². The molecule has 2 amide bonds. The second-order valence-corrected chi connectivity index (χ2v) is 5.98. The minimum absolute atomic E-state index is 0.218. The van der Waals surface area contributed by atoms with Crippen LogP contribution in [0, 0.1) is 6.92 Å². The molecule has 22 heavy (non-hydrogen) atoms. The van der Waals surface area contributed by atoms with Gasteiger partial charge in [0.2, 0.25) is 0 Å². The topological polar surface area (TPSA) is 37.4 Å². The quantitative estimate of drug-likeness (QED) is 0.711. The SMILES string of the molecule is CCCCc1cc(C)cc(CCCC)c1N1C(=O)C=CC1=O. The van der Waals surface area contributed by atoms with Crippen LogP contribution in [0.3, 0.4) is 0 Å². The number of hydrogen-bond acceptors (Lipinski definition) is 2. The van der Waals surface area contributed by atoms with Crippen LogP contribution in [-0.2, 0) is 22.4 Å². The van der Waals surface area contributed by atoms with E-state index in [1.807, 2.05) is 0 Å². The molecular formula is C19H25NO2. The van der Waals surface area contributed by atoms with E-state index in [-0.39, 0.29) is 11.8 Å². The molecule has 3 heteroatoms. The Kier molecular flexibility index (Phi) is 5.53. The van der Waals surface area contributed by atoms with Crippen LogP contribution in [0.25, 0.3) is 0 Å². The van der Waals surface area contributed by atoms with Gasteiger partial charge in [0.15, 0.2) is 0 Å². The van der Waals surface area contributed by atoms with Gasteiger partial charge in [-0.15, -0.1) is 0 Å². The summed E-state index contributed by atoms with van der Waals surface area (Å²) in [6.07, 6.45) is 8.87. The Hall–Kier alpha value is -1.90. The lowest BCUT2D eigenvalue weighted by molar-refractivity contribution is -0.120. The Morgan fingerprint density at radius 3 is 1.73 bits per heavy atom. The minimum atomic E-state index is -0.218. The van der Waals surface area contributed by atoms with Crippen LogP contribution in [0.1, 0.15) is 56.2 Å². The number of imide groups is 1. The van der Waals surface area contributed by atoms with Crippen molar-refractivity contribution in [3.05, 3.63) is 41.0 Å². The number of nitrogens with zero attached hydrogens (tertiary/aromatic N) is 1. The molecule has 3 nitrogen and oxygen atoms in total. The molecule has 2 rings (SSSR count). The molecule has 0 N–H and O–H groups in total. The molecule has 1 aromatic rings. The Morgan fingerprint density at radius 1 is 0.864 bits per heavy atom. The van der Waals surface area contributed by atoms with Crippen LogP contribution < -0.4 is 4.90 Å². The van der Waals surface area contributed by atoms with Crippen LogP contribution in [-0.4, -0.2) is 11.8 Å². The average molecular weight is 299 g/mol. The number of aryl methyl sites for hydroxylation is 3. The molecule has 1 aliphatic heterocycles. The van der Waals surface area contributed by atoms with Crippen molar-refractivity contribution in [1.29, 1.82) is 0 Å². The first-order valence-corrected chi connectivity index (χ1v) is 8.27. The van der Waals surface area contributed by atoms with Gasteiger partial charge >= 0.3 is 0 Å². The Bertz CT molecular complexity index is 554. The van der Waals surface area contributed by atoms with Crippen LogP contribution in [0.15, 0.2) is 24.3 Å². The first kappa shape index (κ1) is 16.5. The lowest BCUT2D eigenvalue weighted by atomic mass is 9.95. The zero-order valence-corrected chi connectivity index (χ0v) is 13.8. The maximum atomic E-state index is 12.1. The van der Waals surface area contributed by atoms with Crippen LogP contribution in [0.2, 0.25) is 0 Å². The highest BCUT2D eigenvalue weighted by atomic mass is 16.2. The summed E-state index contributed by atoms with van der Waals surface area (Å²) in [6.45, 7) is 6.39.